The van der Waals surface area contributed by atoms with Crippen molar-refractivity contribution in [3.63, 3.8) is 0 Å². The highest BCUT2D eigenvalue weighted by Crippen LogP contribution is 2.37. The van der Waals surface area contributed by atoms with Crippen LogP contribution in [0.5, 0.6) is 0 Å². The summed E-state index contributed by atoms with van der Waals surface area (Å²) in [4.78, 5) is 0. The van der Waals surface area contributed by atoms with Gasteiger partial charge in [0.15, 0.2) is 0 Å². The van der Waals surface area contributed by atoms with Crippen molar-refractivity contribution in [2.45, 2.75) is 38.0 Å². The van der Waals surface area contributed by atoms with E-state index >= 15 is 0 Å². The first-order valence-electron chi connectivity index (χ1n) is 5.56. The topological polar surface area (TPSA) is 20.2 Å². The molecule has 1 aliphatic heterocycles. The van der Waals surface area contributed by atoms with Gasteiger partial charge in [0.2, 0.25) is 0 Å². The number of rotatable bonds is 2. The van der Waals surface area contributed by atoms with Gasteiger partial charge in [0, 0.05) is 5.25 Å². The predicted molar refractivity (Wildman–Crippen MR) is 66.4 cm³/mol. The van der Waals surface area contributed by atoms with E-state index in [1.54, 1.807) is 0 Å². The van der Waals surface area contributed by atoms with Crippen LogP contribution in [0.1, 0.15) is 35.6 Å². The van der Waals surface area contributed by atoms with Crippen LogP contribution in [0.25, 0.3) is 0 Å². The van der Waals surface area contributed by atoms with Crippen molar-refractivity contribution in [3.05, 3.63) is 34.9 Å². The molecule has 2 unspecified atom stereocenters. The second-order valence-electron chi connectivity index (χ2n) is 4.29. The first-order valence-corrected chi connectivity index (χ1v) is 6.61. The van der Waals surface area contributed by atoms with E-state index in [4.69, 9.17) is 0 Å². The Morgan fingerprint density at radius 1 is 1.40 bits per heavy atom. The monoisotopic (exact) mass is 222 g/mol. The van der Waals surface area contributed by atoms with Crippen LogP contribution in [0.3, 0.4) is 0 Å². The van der Waals surface area contributed by atoms with Crippen molar-refractivity contribution in [3.8, 4) is 0 Å². The molecule has 0 aliphatic carbocycles. The summed E-state index contributed by atoms with van der Waals surface area (Å²) in [5.74, 6) is 1.20. The van der Waals surface area contributed by atoms with Gasteiger partial charge in [-0.2, -0.15) is 11.8 Å². The maximum atomic E-state index is 10.3. The Morgan fingerprint density at radius 2 is 2.20 bits per heavy atom. The number of hydrogen-bond donors (Lipinski definition) is 1. The highest BCUT2D eigenvalue weighted by atomic mass is 32.2. The van der Waals surface area contributed by atoms with Gasteiger partial charge in [0.05, 0.1) is 6.10 Å². The normalized spacial score (nSPS) is 23.0. The molecule has 1 fully saturated rings. The fraction of sp³-hybridized carbons (Fsp3) is 0.538. The summed E-state index contributed by atoms with van der Waals surface area (Å²) in [6, 6.07) is 6.21. The van der Waals surface area contributed by atoms with E-state index in [0.29, 0.717) is 5.25 Å². The number of hydrogen-bond acceptors (Lipinski definition) is 2. The lowest BCUT2D eigenvalue weighted by molar-refractivity contribution is 0.172. The standard InChI is InChI=1S/C13H18OS/c1-9-5-3-6-11(10(9)2)13(14)12-7-4-8-15-12/h3,5-6,12-14H,4,7-8H2,1-2H3. The Bertz CT molecular complexity index is 342. The van der Waals surface area contributed by atoms with Crippen LogP contribution < -0.4 is 0 Å². The molecule has 0 amide bonds. The Morgan fingerprint density at radius 3 is 2.87 bits per heavy atom. The molecule has 1 aromatic carbocycles. The fourth-order valence-corrected chi connectivity index (χ4v) is 3.44. The molecule has 2 atom stereocenters. The van der Waals surface area contributed by atoms with Crippen molar-refractivity contribution in [1.82, 2.24) is 0 Å². The first kappa shape index (κ1) is 11.0. The summed E-state index contributed by atoms with van der Waals surface area (Å²) in [6.07, 6.45) is 2.12. The van der Waals surface area contributed by atoms with Crippen LogP contribution in [-0.2, 0) is 0 Å². The molecule has 0 aromatic heterocycles. The van der Waals surface area contributed by atoms with Crippen LogP contribution in [0.4, 0.5) is 0 Å². The molecule has 0 spiro atoms. The van der Waals surface area contributed by atoms with Gasteiger partial charge in [-0.1, -0.05) is 18.2 Å². The lowest BCUT2D eigenvalue weighted by Crippen LogP contribution is -2.13. The zero-order chi connectivity index (χ0) is 10.8. The van der Waals surface area contributed by atoms with E-state index < -0.39 is 0 Å². The third-order valence-electron chi connectivity index (χ3n) is 3.28. The molecule has 1 aromatic rings. The molecule has 0 radical (unpaired) electrons. The molecule has 1 nitrogen and oxygen atoms in total. The first-order chi connectivity index (χ1) is 7.20. The van der Waals surface area contributed by atoms with E-state index in [1.165, 1.54) is 23.3 Å². The highest BCUT2D eigenvalue weighted by Gasteiger charge is 2.26. The Hall–Kier alpha value is -0.470. The predicted octanol–water partition coefficient (Wildman–Crippen LogP) is 3.23. The van der Waals surface area contributed by atoms with Gasteiger partial charge in [-0.25, -0.2) is 0 Å². The maximum Gasteiger partial charge on any atom is 0.0911 e. The Kier molecular flexibility index (Phi) is 3.37. The lowest BCUT2D eigenvalue weighted by Gasteiger charge is -2.20. The van der Waals surface area contributed by atoms with Gasteiger partial charge < -0.3 is 5.11 Å². The smallest absolute Gasteiger partial charge is 0.0911 e. The largest absolute Gasteiger partial charge is 0.387 e. The Labute approximate surface area is 95.9 Å². The Balaban J connectivity index is 2.24. The number of aliphatic hydroxyl groups is 1. The molecule has 1 heterocycles. The van der Waals surface area contributed by atoms with Crippen molar-refractivity contribution < 1.29 is 5.11 Å². The van der Waals surface area contributed by atoms with Crippen LogP contribution >= 0.6 is 11.8 Å². The zero-order valence-corrected chi connectivity index (χ0v) is 10.2. The summed E-state index contributed by atoms with van der Waals surface area (Å²) < 4.78 is 0. The summed E-state index contributed by atoms with van der Waals surface area (Å²) in [6.45, 7) is 4.21. The molecular weight excluding hydrogens is 204 g/mol. The van der Waals surface area contributed by atoms with Crippen molar-refractivity contribution in [2.75, 3.05) is 5.75 Å². The molecule has 0 saturated carbocycles. The lowest BCUT2D eigenvalue weighted by atomic mass is 9.96. The van der Waals surface area contributed by atoms with Crippen LogP contribution in [0.2, 0.25) is 0 Å². The van der Waals surface area contributed by atoms with Gasteiger partial charge >= 0.3 is 0 Å². The average molecular weight is 222 g/mol. The van der Waals surface area contributed by atoms with E-state index in [1.807, 2.05) is 17.8 Å². The molecule has 2 rings (SSSR count). The third-order valence-corrected chi connectivity index (χ3v) is 4.73. The fourth-order valence-electron chi connectivity index (χ4n) is 2.15. The van der Waals surface area contributed by atoms with Crippen molar-refractivity contribution >= 4 is 11.8 Å². The van der Waals surface area contributed by atoms with E-state index in [9.17, 15) is 5.11 Å². The summed E-state index contributed by atoms with van der Waals surface area (Å²) in [5.41, 5.74) is 3.64. The zero-order valence-electron chi connectivity index (χ0n) is 9.36. The van der Waals surface area contributed by atoms with Crippen LogP contribution in [0, 0.1) is 13.8 Å². The number of benzene rings is 1. The second kappa shape index (κ2) is 4.58. The minimum absolute atomic E-state index is 0.280. The van der Waals surface area contributed by atoms with Crippen molar-refractivity contribution in [2.24, 2.45) is 0 Å². The SMILES string of the molecule is Cc1cccc(C(O)C2CCCS2)c1C. The molecular formula is C13H18OS. The maximum absolute atomic E-state index is 10.3. The summed E-state index contributed by atoms with van der Waals surface area (Å²) >= 11 is 1.91. The van der Waals surface area contributed by atoms with E-state index in [2.05, 4.69) is 26.0 Å². The van der Waals surface area contributed by atoms with Crippen molar-refractivity contribution in [1.29, 1.82) is 0 Å². The highest BCUT2D eigenvalue weighted by molar-refractivity contribution is 8.00. The number of aryl methyl sites for hydroxylation is 1. The molecule has 1 saturated heterocycles. The molecule has 0 bridgehead atoms. The average Bonchev–Trinajstić information content (AvgIpc) is 2.74. The minimum Gasteiger partial charge on any atom is -0.387 e. The van der Waals surface area contributed by atoms with E-state index in [0.717, 1.165) is 12.0 Å². The summed E-state index contributed by atoms with van der Waals surface area (Å²) in [5, 5.41) is 10.7. The molecule has 2 heteroatoms. The van der Waals surface area contributed by atoms with Gasteiger partial charge in [0.1, 0.15) is 0 Å². The second-order valence-corrected chi connectivity index (χ2v) is 5.63. The number of thioether (sulfide) groups is 1. The van der Waals surface area contributed by atoms with Crippen LogP contribution in [0.15, 0.2) is 18.2 Å². The van der Waals surface area contributed by atoms with E-state index in [-0.39, 0.29) is 6.10 Å². The third kappa shape index (κ3) is 2.21. The van der Waals surface area contributed by atoms with Gasteiger partial charge in [-0.3, -0.25) is 0 Å². The van der Waals surface area contributed by atoms with Gasteiger partial charge in [-0.15, -0.1) is 0 Å². The summed E-state index contributed by atoms with van der Waals surface area (Å²) in [7, 11) is 0. The quantitative estimate of drug-likeness (QED) is 0.829. The molecule has 1 N–H and O–H groups in total. The minimum atomic E-state index is -0.280. The van der Waals surface area contributed by atoms with Gasteiger partial charge in [0.25, 0.3) is 0 Å². The molecule has 82 valence electrons. The molecule has 15 heavy (non-hydrogen) atoms. The number of aliphatic hydroxyl groups excluding tert-OH is 1. The van der Waals surface area contributed by atoms with Gasteiger partial charge in [-0.05, 0) is 49.1 Å². The van der Waals surface area contributed by atoms with Crippen LogP contribution in [-0.4, -0.2) is 16.1 Å². The molecule has 1 aliphatic rings.